The zero-order chi connectivity index (χ0) is 45.9. The van der Waals surface area contributed by atoms with Crippen LogP contribution in [0, 0.1) is 0 Å². The molecule has 1 aliphatic carbocycles. The van der Waals surface area contributed by atoms with Gasteiger partial charge in [0.15, 0.2) is 0 Å². The summed E-state index contributed by atoms with van der Waals surface area (Å²) in [4.78, 5) is 4.89. The Morgan fingerprint density at radius 2 is 0.672 bits per heavy atom. The van der Waals surface area contributed by atoms with Crippen LogP contribution in [0.15, 0.2) is 231 Å². The number of hydrogen-bond donors (Lipinski definition) is 0. The minimum atomic E-state index is -2.12. The summed E-state index contributed by atoms with van der Waals surface area (Å²) in [5.41, 5.74) is 17.7. The standard InChI is InChI=1S/C63H56N2Si2/c1-66(2,3)63(67(4,5)6)60-44-54(65(50-27-17-10-18-28-50)52-37-33-48(34-38-52)46-23-13-8-14-24-46)40-42-58(60)61-56-30-20-19-29-55(56)59-43-53(39-41-57(59)62(61)63)64(49-25-15-9-16-26-49)51-35-31-47(32-36-51)45-21-11-7-12-22-45/h7-44H,1-6H3. The van der Waals surface area contributed by atoms with Crippen molar-refractivity contribution in [3.8, 4) is 33.4 Å². The molecule has 0 bridgehead atoms. The smallest absolute Gasteiger partial charge is 0.0579 e. The number of anilines is 6. The Hall–Kier alpha value is -7.25. The van der Waals surface area contributed by atoms with Crippen molar-refractivity contribution >= 4 is 71.8 Å². The molecule has 4 heteroatoms. The van der Waals surface area contributed by atoms with Gasteiger partial charge in [-0.25, -0.2) is 0 Å². The predicted octanol–water partition coefficient (Wildman–Crippen LogP) is 18.3. The Morgan fingerprint density at radius 1 is 0.299 bits per heavy atom. The highest BCUT2D eigenvalue weighted by Gasteiger charge is 2.60. The third kappa shape index (κ3) is 7.06. The van der Waals surface area contributed by atoms with E-state index in [4.69, 9.17) is 0 Å². The molecule has 11 rings (SSSR count). The summed E-state index contributed by atoms with van der Waals surface area (Å²) >= 11 is 0. The normalized spacial score (nSPS) is 13.0. The second-order valence-corrected chi connectivity index (χ2v) is 31.2. The molecule has 326 valence electrons. The molecule has 0 saturated carbocycles. The second-order valence-electron chi connectivity index (χ2n) is 20.2. The highest BCUT2D eigenvalue weighted by atomic mass is 28.4. The lowest BCUT2D eigenvalue weighted by atomic mass is 9.91. The minimum Gasteiger partial charge on any atom is -0.310 e. The van der Waals surface area contributed by atoms with Gasteiger partial charge in [-0.2, -0.15) is 0 Å². The van der Waals surface area contributed by atoms with Gasteiger partial charge >= 0.3 is 0 Å². The molecular weight excluding hydrogens is 841 g/mol. The summed E-state index contributed by atoms with van der Waals surface area (Å²) in [6, 6.07) is 85.3. The molecular formula is C63H56N2Si2. The molecule has 0 heterocycles. The average Bonchev–Trinajstić information content (AvgIpc) is 3.69. The van der Waals surface area contributed by atoms with Crippen LogP contribution in [0.1, 0.15) is 11.1 Å². The molecule has 0 atom stereocenters. The van der Waals surface area contributed by atoms with E-state index >= 15 is 0 Å². The van der Waals surface area contributed by atoms with E-state index in [1.807, 2.05) is 0 Å². The molecule has 10 aromatic rings. The molecule has 0 N–H and O–H groups in total. The summed E-state index contributed by atoms with van der Waals surface area (Å²) in [5.74, 6) is 0. The molecule has 0 fully saturated rings. The largest absolute Gasteiger partial charge is 0.310 e. The first-order chi connectivity index (χ1) is 32.5. The fraction of sp³-hybridized carbons (Fsp3) is 0.111. The van der Waals surface area contributed by atoms with Gasteiger partial charge in [0.25, 0.3) is 0 Å². The molecule has 0 aromatic heterocycles. The Morgan fingerprint density at radius 3 is 1.15 bits per heavy atom. The Labute approximate surface area is 398 Å². The van der Waals surface area contributed by atoms with Gasteiger partial charge in [-0.3, -0.25) is 0 Å². The van der Waals surface area contributed by atoms with E-state index < -0.39 is 16.1 Å². The van der Waals surface area contributed by atoms with Crippen LogP contribution in [0.25, 0.3) is 54.9 Å². The van der Waals surface area contributed by atoms with E-state index in [-0.39, 0.29) is 4.66 Å². The first-order valence-corrected chi connectivity index (χ1v) is 30.7. The minimum absolute atomic E-state index is 0.115. The topological polar surface area (TPSA) is 6.48 Å². The summed E-state index contributed by atoms with van der Waals surface area (Å²) in [6.45, 7) is 15.8. The summed E-state index contributed by atoms with van der Waals surface area (Å²) in [5, 5.41) is 5.33. The van der Waals surface area contributed by atoms with Crippen molar-refractivity contribution in [1.82, 2.24) is 0 Å². The van der Waals surface area contributed by atoms with E-state index in [2.05, 4.69) is 280 Å². The fourth-order valence-electron chi connectivity index (χ4n) is 11.9. The first kappa shape index (κ1) is 42.4. The maximum Gasteiger partial charge on any atom is 0.0579 e. The highest BCUT2D eigenvalue weighted by Crippen LogP contribution is 2.62. The van der Waals surface area contributed by atoms with Crippen LogP contribution in [0.4, 0.5) is 34.1 Å². The Bertz CT molecular complexity index is 3380. The van der Waals surface area contributed by atoms with Crippen molar-refractivity contribution in [2.45, 2.75) is 43.9 Å². The molecule has 1 aliphatic rings. The molecule has 10 aromatic carbocycles. The molecule has 0 spiro atoms. The highest BCUT2D eigenvalue weighted by molar-refractivity contribution is 7.00. The first-order valence-electron chi connectivity index (χ1n) is 23.7. The van der Waals surface area contributed by atoms with Crippen LogP contribution in [0.3, 0.4) is 0 Å². The lowest BCUT2D eigenvalue weighted by Gasteiger charge is -2.52. The third-order valence-electron chi connectivity index (χ3n) is 14.3. The van der Waals surface area contributed by atoms with Crippen LogP contribution < -0.4 is 9.80 Å². The second kappa shape index (κ2) is 16.6. The van der Waals surface area contributed by atoms with Gasteiger partial charge in [0.1, 0.15) is 0 Å². The van der Waals surface area contributed by atoms with E-state index in [1.165, 1.54) is 66.2 Å². The Balaban J connectivity index is 1.13. The van der Waals surface area contributed by atoms with E-state index in [9.17, 15) is 0 Å². The molecule has 2 nitrogen and oxygen atoms in total. The van der Waals surface area contributed by atoms with E-state index in [1.54, 1.807) is 5.56 Å². The maximum atomic E-state index is 2.64. The molecule has 67 heavy (non-hydrogen) atoms. The number of fused-ring (bicyclic) bond motifs is 8. The zero-order valence-corrected chi connectivity index (χ0v) is 41.3. The van der Waals surface area contributed by atoms with Gasteiger partial charge in [0.2, 0.25) is 0 Å². The van der Waals surface area contributed by atoms with Gasteiger partial charge < -0.3 is 9.80 Å². The van der Waals surface area contributed by atoms with Crippen molar-refractivity contribution < 1.29 is 0 Å². The third-order valence-corrected chi connectivity index (χ3v) is 24.4. The van der Waals surface area contributed by atoms with Gasteiger partial charge in [-0.05, 0) is 139 Å². The maximum absolute atomic E-state index is 2.64. The molecule has 0 unspecified atom stereocenters. The number of benzene rings is 10. The van der Waals surface area contributed by atoms with Crippen LogP contribution in [-0.2, 0) is 4.66 Å². The predicted molar refractivity (Wildman–Crippen MR) is 295 cm³/mol. The Kier molecular flexibility index (Phi) is 10.5. The van der Waals surface area contributed by atoms with Gasteiger partial charge in [0, 0.05) is 38.8 Å². The van der Waals surface area contributed by atoms with Crippen LogP contribution >= 0.6 is 0 Å². The van der Waals surface area contributed by atoms with E-state index in [0.29, 0.717) is 0 Å². The van der Waals surface area contributed by atoms with Gasteiger partial charge in [0.05, 0.1) is 16.1 Å². The van der Waals surface area contributed by atoms with Crippen LogP contribution in [-0.4, -0.2) is 16.1 Å². The van der Waals surface area contributed by atoms with Gasteiger partial charge in [-0.1, -0.05) is 197 Å². The quantitative estimate of drug-likeness (QED) is 0.0997. The number of rotatable bonds is 10. The van der Waals surface area contributed by atoms with Crippen molar-refractivity contribution in [2.24, 2.45) is 0 Å². The van der Waals surface area contributed by atoms with Crippen molar-refractivity contribution in [1.29, 1.82) is 0 Å². The monoisotopic (exact) mass is 896 g/mol. The summed E-state index contributed by atoms with van der Waals surface area (Å²) < 4.78 is -0.115. The van der Waals surface area contributed by atoms with Crippen molar-refractivity contribution in [3.63, 3.8) is 0 Å². The number of nitrogens with zero attached hydrogens (tertiary/aromatic N) is 2. The summed E-state index contributed by atoms with van der Waals surface area (Å²) in [7, 11) is -4.24. The van der Waals surface area contributed by atoms with Crippen LogP contribution in [0.2, 0.25) is 39.3 Å². The van der Waals surface area contributed by atoms with Crippen LogP contribution in [0.5, 0.6) is 0 Å². The van der Waals surface area contributed by atoms with Crippen molar-refractivity contribution in [2.75, 3.05) is 9.80 Å². The molecule has 0 saturated heterocycles. The SMILES string of the molecule is C[Si](C)(C)C1([Si](C)(C)C)c2cc(N(c3ccccc3)c3ccc(-c4ccccc4)cc3)ccc2-c2c1c1ccc(N(c3ccccc3)c3ccc(-c4ccccc4)cc3)cc1c1ccccc21. The van der Waals surface area contributed by atoms with Crippen molar-refractivity contribution in [3.05, 3.63) is 242 Å². The molecule has 0 radical (unpaired) electrons. The summed E-state index contributed by atoms with van der Waals surface area (Å²) in [6.07, 6.45) is 0. The zero-order valence-electron chi connectivity index (χ0n) is 39.3. The molecule has 0 aliphatic heterocycles. The fourth-order valence-corrected chi connectivity index (χ4v) is 25.0. The average molecular weight is 897 g/mol. The lowest BCUT2D eigenvalue weighted by Crippen LogP contribution is -2.63. The number of para-hydroxylation sites is 2. The van der Waals surface area contributed by atoms with E-state index in [0.717, 1.165) is 28.4 Å². The lowest BCUT2D eigenvalue weighted by molar-refractivity contribution is 0.962. The number of hydrogen-bond acceptors (Lipinski definition) is 2. The molecule has 0 amide bonds. The van der Waals surface area contributed by atoms with Gasteiger partial charge in [-0.15, -0.1) is 0 Å².